The number of aromatic nitrogens is 2. The second-order valence-corrected chi connectivity index (χ2v) is 10.7. The highest BCUT2D eigenvalue weighted by Gasteiger charge is 2.37. The van der Waals surface area contributed by atoms with Crippen LogP contribution in [0.1, 0.15) is 68.4 Å². The Kier molecular flexibility index (Phi) is 7.68. The first-order chi connectivity index (χ1) is 18.4. The molecule has 1 heterocycles. The fraction of sp³-hybridized carbons (Fsp3) is 0.344. The minimum absolute atomic E-state index is 0.0897. The molecule has 0 bridgehead atoms. The molecule has 0 spiro atoms. The summed E-state index contributed by atoms with van der Waals surface area (Å²) in [7, 11) is 0. The van der Waals surface area contributed by atoms with Crippen molar-refractivity contribution in [1.82, 2.24) is 10.1 Å². The Bertz CT molecular complexity index is 1360. The summed E-state index contributed by atoms with van der Waals surface area (Å²) < 4.78 is 18.6. The van der Waals surface area contributed by atoms with Crippen LogP contribution in [0.3, 0.4) is 0 Å². The van der Waals surface area contributed by atoms with Crippen LogP contribution in [0.15, 0.2) is 77.3 Å². The highest BCUT2D eigenvalue weighted by molar-refractivity contribution is 5.96. The maximum absolute atomic E-state index is 13.2. The molecule has 0 aliphatic heterocycles. The van der Waals surface area contributed by atoms with Crippen LogP contribution in [0.4, 0.5) is 10.1 Å². The van der Waals surface area contributed by atoms with Crippen LogP contribution in [-0.4, -0.2) is 15.9 Å². The van der Waals surface area contributed by atoms with Crippen LogP contribution in [0.25, 0.3) is 22.8 Å². The Morgan fingerprint density at radius 1 is 0.974 bits per heavy atom. The molecule has 5 nitrogen and oxygen atoms in total. The molecule has 0 radical (unpaired) electrons. The summed E-state index contributed by atoms with van der Waals surface area (Å²) in [6.45, 7) is 6.57. The van der Waals surface area contributed by atoms with E-state index in [1.54, 1.807) is 12.1 Å². The number of anilines is 1. The van der Waals surface area contributed by atoms with Crippen molar-refractivity contribution < 1.29 is 13.7 Å². The third-order valence-corrected chi connectivity index (χ3v) is 7.42. The first-order valence-electron chi connectivity index (χ1n) is 13.5. The van der Waals surface area contributed by atoms with Gasteiger partial charge in [0.05, 0.1) is 6.04 Å². The standard InChI is InChI=1S/C32H34FN3O2/c1-4-5-25-18-26(25)19-29(37)21-12-16-28(17-13-21)34-30(20(2)3)22-6-8-23(9-7-22)31-35-32(38-36-31)24-10-14-27(33)15-11-24/h6-17,20,25-26,30,34H,4-5,18-19H2,1-3H3. The predicted octanol–water partition coefficient (Wildman–Crippen LogP) is 8.36. The van der Waals surface area contributed by atoms with Crippen molar-refractivity contribution >= 4 is 11.5 Å². The van der Waals surface area contributed by atoms with Crippen LogP contribution >= 0.6 is 0 Å². The Morgan fingerprint density at radius 2 is 1.66 bits per heavy atom. The largest absolute Gasteiger partial charge is 0.378 e. The minimum Gasteiger partial charge on any atom is -0.378 e. The molecule has 0 amide bonds. The van der Waals surface area contributed by atoms with Crippen LogP contribution in [0.5, 0.6) is 0 Å². The quantitative estimate of drug-likeness (QED) is 0.205. The van der Waals surface area contributed by atoms with Gasteiger partial charge >= 0.3 is 0 Å². The Hall–Kier alpha value is -3.80. The smallest absolute Gasteiger partial charge is 0.258 e. The van der Waals surface area contributed by atoms with Crippen molar-refractivity contribution in [3.63, 3.8) is 0 Å². The van der Waals surface area contributed by atoms with Crippen LogP contribution < -0.4 is 5.32 Å². The number of nitrogens with one attached hydrogen (secondary N) is 1. The monoisotopic (exact) mass is 511 g/mol. The summed E-state index contributed by atoms with van der Waals surface area (Å²) in [5.41, 5.74) is 4.44. The van der Waals surface area contributed by atoms with E-state index in [4.69, 9.17) is 4.52 Å². The number of carbonyl (C=O) groups is 1. The summed E-state index contributed by atoms with van der Waals surface area (Å²) in [6, 6.07) is 22.1. The normalized spacial score (nSPS) is 17.4. The van der Waals surface area contributed by atoms with E-state index in [9.17, 15) is 9.18 Å². The molecule has 4 aromatic rings. The van der Waals surface area contributed by atoms with Crippen LogP contribution in [-0.2, 0) is 0 Å². The first kappa shape index (κ1) is 25.8. The van der Waals surface area contributed by atoms with E-state index in [1.807, 2.05) is 36.4 Å². The third kappa shape index (κ3) is 6.01. The number of rotatable bonds is 11. The molecule has 3 unspecified atom stereocenters. The first-order valence-corrected chi connectivity index (χ1v) is 13.5. The molecule has 1 N–H and O–H groups in total. The lowest BCUT2D eigenvalue weighted by Crippen LogP contribution is -2.16. The topological polar surface area (TPSA) is 68.0 Å². The number of Topliss-reactive ketones (excluding diaryl/α,β-unsaturated/α-hetero) is 1. The molecule has 196 valence electrons. The lowest BCUT2D eigenvalue weighted by molar-refractivity contribution is 0.0974. The van der Waals surface area contributed by atoms with Gasteiger partial charge in [0.1, 0.15) is 5.82 Å². The SMILES string of the molecule is CCCC1CC1CC(=O)c1ccc(NC(c2ccc(-c3noc(-c4ccc(F)cc4)n3)cc2)C(C)C)cc1. The molecule has 1 saturated carbocycles. The second-order valence-electron chi connectivity index (χ2n) is 10.7. The van der Waals surface area contributed by atoms with Crippen molar-refractivity contribution in [2.45, 2.75) is 52.5 Å². The van der Waals surface area contributed by atoms with Gasteiger partial charge in [-0.2, -0.15) is 4.98 Å². The number of hydrogen-bond donors (Lipinski definition) is 1. The van der Waals surface area contributed by atoms with E-state index < -0.39 is 0 Å². The van der Waals surface area contributed by atoms with Crippen LogP contribution in [0, 0.1) is 23.6 Å². The fourth-order valence-corrected chi connectivity index (χ4v) is 5.10. The summed E-state index contributed by atoms with van der Waals surface area (Å²) in [5, 5.41) is 7.73. The highest BCUT2D eigenvalue weighted by Crippen LogP contribution is 2.45. The zero-order chi connectivity index (χ0) is 26.6. The van der Waals surface area contributed by atoms with Crippen molar-refractivity contribution in [2.75, 3.05) is 5.32 Å². The molecule has 3 aromatic carbocycles. The van der Waals surface area contributed by atoms with Crippen molar-refractivity contribution in [2.24, 2.45) is 17.8 Å². The average Bonchev–Trinajstić information content (AvgIpc) is 3.45. The summed E-state index contributed by atoms with van der Waals surface area (Å²) >= 11 is 0. The molecule has 1 fully saturated rings. The molecule has 3 atom stereocenters. The van der Waals surface area contributed by atoms with Gasteiger partial charge in [-0.3, -0.25) is 4.79 Å². The van der Waals surface area contributed by atoms with Crippen LogP contribution in [0.2, 0.25) is 0 Å². The van der Waals surface area contributed by atoms with Crippen molar-refractivity contribution in [3.8, 4) is 22.8 Å². The molecular weight excluding hydrogens is 477 g/mol. The molecule has 38 heavy (non-hydrogen) atoms. The molecular formula is C32H34FN3O2. The van der Waals surface area contributed by atoms with Gasteiger partial charge in [0.15, 0.2) is 5.78 Å². The third-order valence-electron chi connectivity index (χ3n) is 7.42. The number of carbonyl (C=O) groups excluding carboxylic acids is 1. The van der Waals surface area contributed by atoms with Gasteiger partial charge in [-0.15, -0.1) is 0 Å². The summed E-state index contributed by atoms with van der Waals surface area (Å²) in [5.74, 6) is 2.44. The molecule has 1 aliphatic rings. The Morgan fingerprint density at radius 3 is 2.32 bits per heavy atom. The second kappa shape index (κ2) is 11.3. The lowest BCUT2D eigenvalue weighted by atomic mass is 9.94. The van der Waals surface area contributed by atoms with Gasteiger partial charge in [0, 0.05) is 28.8 Å². The van der Waals surface area contributed by atoms with E-state index in [1.165, 1.54) is 31.4 Å². The maximum Gasteiger partial charge on any atom is 0.258 e. The number of hydrogen-bond acceptors (Lipinski definition) is 5. The van der Waals surface area contributed by atoms with Crippen molar-refractivity contribution in [3.05, 3.63) is 89.7 Å². The van der Waals surface area contributed by atoms with E-state index in [-0.39, 0.29) is 17.6 Å². The Balaban J connectivity index is 1.23. The van der Waals surface area contributed by atoms with Gasteiger partial charge in [0.25, 0.3) is 5.89 Å². The predicted molar refractivity (Wildman–Crippen MR) is 148 cm³/mol. The minimum atomic E-state index is -0.309. The van der Waals surface area contributed by atoms with Gasteiger partial charge < -0.3 is 9.84 Å². The number of ketones is 1. The molecule has 0 saturated heterocycles. The zero-order valence-electron chi connectivity index (χ0n) is 22.2. The summed E-state index contributed by atoms with van der Waals surface area (Å²) in [4.78, 5) is 17.2. The molecule has 6 heteroatoms. The van der Waals surface area contributed by atoms with Gasteiger partial charge in [-0.05, 0) is 78.3 Å². The molecule has 1 aromatic heterocycles. The number of halogens is 1. The maximum atomic E-state index is 13.2. The average molecular weight is 512 g/mol. The zero-order valence-corrected chi connectivity index (χ0v) is 22.2. The van der Waals surface area contributed by atoms with Gasteiger partial charge in [-0.25, -0.2) is 4.39 Å². The summed E-state index contributed by atoms with van der Waals surface area (Å²) in [6.07, 6.45) is 4.32. The van der Waals surface area contributed by atoms with Gasteiger partial charge in [0.2, 0.25) is 5.82 Å². The highest BCUT2D eigenvalue weighted by atomic mass is 19.1. The Labute approximate surface area is 223 Å². The van der Waals surface area contributed by atoms with E-state index in [2.05, 4.69) is 48.4 Å². The molecule has 1 aliphatic carbocycles. The lowest BCUT2D eigenvalue weighted by Gasteiger charge is -2.24. The van der Waals surface area contributed by atoms with E-state index >= 15 is 0 Å². The van der Waals surface area contributed by atoms with Crippen molar-refractivity contribution in [1.29, 1.82) is 0 Å². The fourth-order valence-electron chi connectivity index (χ4n) is 5.10. The van der Waals surface area contributed by atoms with E-state index in [0.29, 0.717) is 35.5 Å². The number of nitrogens with zero attached hydrogens (tertiary/aromatic N) is 2. The molecule has 5 rings (SSSR count). The number of benzene rings is 3. The van der Waals surface area contributed by atoms with Gasteiger partial charge in [-0.1, -0.05) is 63.0 Å². The van der Waals surface area contributed by atoms with E-state index in [0.717, 1.165) is 28.3 Å².